The summed E-state index contributed by atoms with van der Waals surface area (Å²) in [6.07, 6.45) is 1.45. The molecule has 1 fully saturated rings. The Balaban J connectivity index is 2.12. The van der Waals surface area contributed by atoms with Gasteiger partial charge < -0.3 is 9.64 Å². The molecule has 0 unspecified atom stereocenters. The fourth-order valence-electron chi connectivity index (χ4n) is 2.45. The molecule has 4 nitrogen and oxygen atoms in total. The predicted octanol–water partition coefficient (Wildman–Crippen LogP) is 3.00. The third kappa shape index (κ3) is 3.61. The van der Waals surface area contributed by atoms with Gasteiger partial charge in [-0.05, 0) is 47.8 Å². The number of hydrogen-bond donors (Lipinski definition) is 0. The number of halogens is 2. The Bertz CT molecular complexity index is 550. The van der Waals surface area contributed by atoms with Crippen LogP contribution in [0.15, 0.2) is 22.7 Å². The predicted molar refractivity (Wildman–Crippen MR) is 79.4 cm³/mol. The largest absolute Gasteiger partial charge is 0.466 e. The molecule has 0 spiro atoms. The van der Waals surface area contributed by atoms with Crippen LogP contribution in [-0.4, -0.2) is 36.5 Å². The first-order chi connectivity index (χ1) is 10.0. The number of benzene rings is 1. The Morgan fingerprint density at radius 2 is 2.24 bits per heavy atom. The van der Waals surface area contributed by atoms with Gasteiger partial charge in [-0.2, -0.15) is 0 Å². The summed E-state index contributed by atoms with van der Waals surface area (Å²) in [7, 11) is 0. The molecular formula is C15H17BrFNO3. The first-order valence-electron chi connectivity index (χ1n) is 6.94. The molecule has 1 atom stereocenters. The molecule has 0 bridgehead atoms. The van der Waals surface area contributed by atoms with Gasteiger partial charge in [0.25, 0.3) is 5.91 Å². The second-order valence-electron chi connectivity index (χ2n) is 4.94. The Kier molecular flexibility index (Phi) is 5.33. The standard InChI is InChI=1S/C15H17BrFNO3/c1-2-21-15(20)10-5-4-8-18(9-10)14(19)11-6-3-7-12(17)13(11)16/h3,6-7,10H,2,4-5,8-9H2,1H3/t10-/m1/s1. The maximum Gasteiger partial charge on any atom is 0.310 e. The van der Waals surface area contributed by atoms with E-state index >= 15 is 0 Å². The number of nitrogens with zero attached hydrogens (tertiary/aromatic N) is 1. The zero-order chi connectivity index (χ0) is 15.4. The van der Waals surface area contributed by atoms with Gasteiger partial charge in [0.15, 0.2) is 0 Å². The molecule has 1 aliphatic heterocycles. The molecule has 1 aliphatic rings. The number of amides is 1. The van der Waals surface area contributed by atoms with Crippen LogP contribution in [0.25, 0.3) is 0 Å². The fourth-order valence-corrected chi connectivity index (χ4v) is 2.89. The average molecular weight is 358 g/mol. The number of rotatable bonds is 3. The van der Waals surface area contributed by atoms with Gasteiger partial charge in [-0.1, -0.05) is 6.07 Å². The maximum absolute atomic E-state index is 13.5. The molecule has 114 valence electrons. The van der Waals surface area contributed by atoms with Crippen molar-refractivity contribution in [2.75, 3.05) is 19.7 Å². The van der Waals surface area contributed by atoms with Crippen molar-refractivity contribution in [3.63, 3.8) is 0 Å². The van der Waals surface area contributed by atoms with E-state index in [1.54, 1.807) is 17.9 Å². The second kappa shape index (κ2) is 7.02. The smallest absolute Gasteiger partial charge is 0.310 e. The Morgan fingerprint density at radius 1 is 1.48 bits per heavy atom. The Hall–Kier alpha value is -1.43. The summed E-state index contributed by atoms with van der Waals surface area (Å²) in [5, 5.41) is 0. The molecule has 0 aromatic heterocycles. The molecule has 1 heterocycles. The molecule has 2 rings (SSSR count). The normalized spacial score (nSPS) is 18.4. The molecule has 1 aromatic rings. The molecular weight excluding hydrogens is 341 g/mol. The summed E-state index contributed by atoms with van der Waals surface area (Å²) in [5.41, 5.74) is 0.277. The van der Waals surface area contributed by atoms with E-state index in [0.29, 0.717) is 26.1 Å². The Morgan fingerprint density at radius 3 is 2.95 bits per heavy atom. The summed E-state index contributed by atoms with van der Waals surface area (Å²) in [5.74, 6) is -1.31. The van der Waals surface area contributed by atoms with E-state index in [1.807, 2.05) is 0 Å². The third-order valence-corrected chi connectivity index (χ3v) is 4.32. The van der Waals surface area contributed by atoms with Crippen molar-refractivity contribution in [1.29, 1.82) is 0 Å². The van der Waals surface area contributed by atoms with Crippen LogP contribution in [-0.2, 0) is 9.53 Å². The van der Waals surface area contributed by atoms with E-state index in [1.165, 1.54) is 12.1 Å². The first-order valence-corrected chi connectivity index (χ1v) is 7.73. The van der Waals surface area contributed by atoms with E-state index in [4.69, 9.17) is 4.74 Å². The van der Waals surface area contributed by atoms with Gasteiger partial charge in [0.1, 0.15) is 5.82 Å². The van der Waals surface area contributed by atoms with Crippen LogP contribution in [0.5, 0.6) is 0 Å². The number of piperidine rings is 1. The number of hydrogen-bond acceptors (Lipinski definition) is 3. The summed E-state index contributed by atoms with van der Waals surface area (Å²) in [4.78, 5) is 25.9. The van der Waals surface area contributed by atoms with E-state index in [9.17, 15) is 14.0 Å². The quantitative estimate of drug-likeness (QED) is 0.781. The monoisotopic (exact) mass is 357 g/mol. The molecule has 0 saturated carbocycles. The molecule has 1 aromatic carbocycles. The lowest BCUT2D eigenvalue weighted by Crippen LogP contribution is -2.43. The summed E-state index contributed by atoms with van der Waals surface area (Å²) in [6, 6.07) is 4.36. The SMILES string of the molecule is CCOC(=O)[C@@H]1CCCN(C(=O)c2cccc(F)c2Br)C1. The third-order valence-electron chi connectivity index (χ3n) is 3.51. The summed E-state index contributed by atoms with van der Waals surface area (Å²) in [6.45, 7) is 2.98. The molecule has 0 aliphatic carbocycles. The maximum atomic E-state index is 13.5. The van der Waals surface area contributed by atoms with Crippen molar-refractivity contribution in [3.8, 4) is 0 Å². The van der Waals surface area contributed by atoms with E-state index in [2.05, 4.69) is 15.9 Å². The lowest BCUT2D eigenvalue weighted by molar-refractivity contribution is -0.149. The van der Waals surface area contributed by atoms with Crippen LogP contribution in [0.1, 0.15) is 30.1 Å². The van der Waals surface area contributed by atoms with Gasteiger partial charge in [-0.15, -0.1) is 0 Å². The van der Waals surface area contributed by atoms with E-state index in [-0.39, 0.29) is 27.8 Å². The first kappa shape index (κ1) is 15.9. The average Bonchev–Trinajstić information content (AvgIpc) is 2.50. The number of likely N-dealkylation sites (tertiary alicyclic amines) is 1. The van der Waals surface area contributed by atoms with Crippen molar-refractivity contribution in [3.05, 3.63) is 34.1 Å². The van der Waals surface area contributed by atoms with Gasteiger partial charge in [-0.25, -0.2) is 4.39 Å². The van der Waals surface area contributed by atoms with Gasteiger partial charge in [-0.3, -0.25) is 9.59 Å². The molecule has 0 N–H and O–H groups in total. The van der Waals surface area contributed by atoms with Crippen LogP contribution >= 0.6 is 15.9 Å². The van der Waals surface area contributed by atoms with Crippen LogP contribution in [0.3, 0.4) is 0 Å². The highest BCUT2D eigenvalue weighted by atomic mass is 79.9. The highest BCUT2D eigenvalue weighted by molar-refractivity contribution is 9.10. The van der Waals surface area contributed by atoms with E-state index in [0.717, 1.165) is 6.42 Å². The van der Waals surface area contributed by atoms with Crippen LogP contribution in [0.2, 0.25) is 0 Å². The van der Waals surface area contributed by atoms with Crippen LogP contribution < -0.4 is 0 Å². The van der Waals surface area contributed by atoms with Gasteiger partial charge in [0.05, 0.1) is 22.6 Å². The van der Waals surface area contributed by atoms with E-state index < -0.39 is 5.82 Å². The minimum atomic E-state index is -0.472. The number of esters is 1. The highest BCUT2D eigenvalue weighted by Crippen LogP contribution is 2.25. The lowest BCUT2D eigenvalue weighted by atomic mass is 9.97. The molecule has 1 saturated heterocycles. The van der Waals surface area contributed by atoms with Gasteiger partial charge in [0, 0.05) is 13.1 Å². The topological polar surface area (TPSA) is 46.6 Å². The summed E-state index contributed by atoms with van der Waals surface area (Å²) >= 11 is 3.10. The molecule has 21 heavy (non-hydrogen) atoms. The van der Waals surface area contributed by atoms with Crippen LogP contribution in [0.4, 0.5) is 4.39 Å². The lowest BCUT2D eigenvalue weighted by Gasteiger charge is -2.31. The molecule has 0 radical (unpaired) electrons. The number of carbonyl (C=O) groups excluding carboxylic acids is 2. The molecule has 6 heteroatoms. The van der Waals surface area contributed by atoms with Crippen molar-refractivity contribution in [1.82, 2.24) is 4.90 Å². The number of ether oxygens (including phenoxy) is 1. The van der Waals surface area contributed by atoms with Crippen molar-refractivity contribution in [2.45, 2.75) is 19.8 Å². The zero-order valence-electron chi connectivity index (χ0n) is 11.8. The Labute approximate surface area is 131 Å². The summed E-state index contributed by atoms with van der Waals surface area (Å²) < 4.78 is 18.7. The van der Waals surface area contributed by atoms with Gasteiger partial charge in [0.2, 0.25) is 0 Å². The van der Waals surface area contributed by atoms with Crippen molar-refractivity contribution in [2.24, 2.45) is 5.92 Å². The van der Waals surface area contributed by atoms with Crippen molar-refractivity contribution < 1.29 is 18.7 Å². The minimum Gasteiger partial charge on any atom is -0.466 e. The minimum absolute atomic E-state index is 0.160. The van der Waals surface area contributed by atoms with Gasteiger partial charge >= 0.3 is 5.97 Å². The van der Waals surface area contributed by atoms with Crippen molar-refractivity contribution >= 4 is 27.8 Å². The highest BCUT2D eigenvalue weighted by Gasteiger charge is 2.30. The fraction of sp³-hybridized carbons (Fsp3) is 0.467. The number of carbonyl (C=O) groups is 2. The zero-order valence-corrected chi connectivity index (χ0v) is 13.4. The van der Waals surface area contributed by atoms with Crippen LogP contribution in [0, 0.1) is 11.7 Å². The second-order valence-corrected chi connectivity index (χ2v) is 5.74. The molecule has 1 amide bonds.